The fourth-order valence-corrected chi connectivity index (χ4v) is 5.23. The number of methoxy groups -OCH3 is 1. The lowest BCUT2D eigenvalue weighted by molar-refractivity contribution is 0.397. The van der Waals surface area contributed by atoms with Crippen molar-refractivity contribution in [3.05, 3.63) is 88.5 Å². The number of rotatable bonds is 7. The quantitative estimate of drug-likeness (QED) is 0.362. The van der Waals surface area contributed by atoms with E-state index in [2.05, 4.69) is 10.3 Å². The van der Waals surface area contributed by atoms with Crippen LogP contribution in [0.4, 0.5) is 4.39 Å². The lowest BCUT2D eigenvalue weighted by atomic mass is 10.0. The van der Waals surface area contributed by atoms with Crippen LogP contribution in [0.1, 0.15) is 16.7 Å². The molecule has 0 spiro atoms. The largest absolute Gasteiger partial charge is 0.481 e. The molecule has 0 bridgehead atoms. The average molecular weight is 510 g/mol. The molecule has 0 atom stereocenters. The Hall–Kier alpha value is -2.65. The minimum atomic E-state index is -4.00. The fraction of sp³-hybridized carbons (Fsp3) is 0.174. The highest BCUT2D eigenvalue weighted by atomic mass is 35.5. The second kappa shape index (κ2) is 10.1. The third kappa shape index (κ3) is 4.99. The van der Waals surface area contributed by atoms with Crippen molar-refractivity contribution < 1.29 is 17.5 Å². The van der Waals surface area contributed by atoms with Crippen molar-refractivity contribution in [3.8, 4) is 5.88 Å². The Kier molecular flexibility index (Phi) is 7.64. The molecule has 0 fully saturated rings. The van der Waals surface area contributed by atoms with Crippen LogP contribution in [0.15, 0.2) is 65.7 Å². The monoisotopic (exact) mass is 509 g/mol. The fourth-order valence-electron chi connectivity index (χ4n) is 3.60. The molecule has 0 aliphatic carbocycles. The molecular formula is C23H22Cl2FN3O3S. The minimum Gasteiger partial charge on any atom is -0.481 e. The van der Waals surface area contributed by atoms with Gasteiger partial charge in [0.25, 0.3) is 10.0 Å². The maximum atomic E-state index is 13.7. The Labute approximate surface area is 202 Å². The van der Waals surface area contributed by atoms with Gasteiger partial charge in [0.2, 0.25) is 5.88 Å². The summed E-state index contributed by atoms with van der Waals surface area (Å²) in [6.07, 6.45) is 2.03. The third-order valence-electron chi connectivity index (χ3n) is 5.14. The van der Waals surface area contributed by atoms with Gasteiger partial charge in [-0.25, -0.2) is 21.8 Å². The number of nitrogens with one attached hydrogen (secondary N) is 1. The van der Waals surface area contributed by atoms with Gasteiger partial charge in [0.15, 0.2) is 0 Å². The summed E-state index contributed by atoms with van der Waals surface area (Å²) in [5.74, 6) is -0.193. The Balaban J connectivity index is 0.00000306. The van der Waals surface area contributed by atoms with Crippen LogP contribution >= 0.6 is 24.0 Å². The number of aromatic nitrogens is 2. The maximum Gasteiger partial charge on any atom is 0.268 e. The Morgan fingerprint density at radius 2 is 1.91 bits per heavy atom. The number of fused-ring (bicyclic) bond motifs is 1. The average Bonchev–Trinajstić information content (AvgIpc) is 3.14. The van der Waals surface area contributed by atoms with Crippen LogP contribution in [-0.4, -0.2) is 31.5 Å². The van der Waals surface area contributed by atoms with Gasteiger partial charge in [-0.1, -0.05) is 35.9 Å². The van der Waals surface area contributed by atoms with E-state index in [0.29, 0.717) is 29.5 Å². The van der Waals surface area contributed by atoms with E-state index in [1.807, 2.05) is 24.3 Å². The summed E-state index contributed by atoms with van der Waals surface area (Å²) < 4.78 is 46.7. The lowest BCUT2D eigenvalue weighted by Gasteiger charge is -2.10. The number of ether oxygens (including phenoxy) is 1. The summed E-state index contributed by atoms with van der Waals surface area (Å²) in [5.41, 5.74) is 2.97. The lowest BCUT2D eigenvalue weighted by Crippen LogP contribution is -2.12. The zero-order valence-corrected chi connectivity index (χ0v) is 20.3. The van der Waals surface area contributed by atoms with Crippen molar-refractivity contribution in [1.29, 1.82) is 0 Å². The number of nitrogens with zero attached hydrogens (tertiary/aromatic N) is 2. The van der Waals surface area contributed by atoms with Gasteiger partial charge in [-0.15, -0.1) is 12.4 Å². The number of halogens is 3. The molecule has 174 valence electrons. The molecule has 33 heavy (non-hydrogen) atoms. The molecule has 2 aromatic carbocycles. The molecule has 1 N–H and O–H groups in total. The third-order valence-corrected chi connectivity index (χ3v) is 7.14. The zero-order chi connectivity index (χ0) is 22.9. The Morgan fingerprint density at radius 1 is 1.12 bits per heavy atom. The van der Waals surface area contributed by atoms with Gasteiger partial charge in [-0.2, -0.15) is 0 Å². The number of benzene rings is 2. The smallest absolute Gasteiger partial charge is 0.268 e. The topological polar surface area (TPSA) is 73.2 Å². The summed E-state index contributed by atoms with van der Waals surface area (Å²) in [7, 11) is -0.693. The first kappa shape index (κ1) is 25.0. The van der Waals surface area contributed by atoms with Crippen molar-refractivity contribution in [2.75, 3.05) is 14.2 Å². The van der Waals surface area contributed by atoms with E-state index in [9.17, 15) is 12.8 Å². The van der Waals surface area contributed by atoms with E-state index < -0.39 is 15.8 Å². The molecule has 0 saturated carbocycles. The number of hydrogen-bond acceptors (Lipinski definition) is 5. The van der Waals surface area contributed by atoms with Gasteiger partial charge < -0.3 is 10.1 Å². The van der Waals surface area contributed by atoms with E-state index in [0.717, 1.165) is 28.1 Å². The van der Waals surface area contributed by atoms with E-state index in [1.165, 1.54) is 29.3 Å². The molecule has 0 amide bonds. The predicted octanol–water partition coefficient (Wildman–Crippen LogP) is 4.81. The van der Waals surface area contributed by atoms with Crippen LogP contribution in [0, 0.1) is 5.82 Å². The van der Waals surface area contributed by atoms with Crippen molar-refractivity contribution >= 4 is 44.9 Å². The first-order valence-corrected chi connectivity index (χ1v) is 11.6. The van der Waals surface area contributed by atoms with Crippen LogP contribution in [0.5, 0.6) is 5.88 Å². The Bertz CT molecular complexity index is 1410. The first-order valence-electron chi connectivity index (χ1n) is 9.81. The standard InChI is InChI=1S/C23H21ClFN3O3S.ClH/c1-26-13-17-14-28(32(29,30)19-5-3-4-18(25)12-19)21-11-15(6-8-20(17)21)10-16-7-9-22(31-2)27-23(16)24;/h3-9,11-12,14,26H,10,13H2,1-2H3;1H. The highest BCUT2D eigenvalue weighted by Crippen LogP contribution is 2.29. The van der Waals surface area contributed by atoms with Gasteiger partial charge in [-0.3, -0.25) is 0 Å². The zero-order valence-electron chi connectivity index (χ0n) is 17.9. The second-order valence-electron chi connectivity index (χ2n) is 7.27. The summed E-state index contributed by atoms with van der Waals surface area (Å²) in [4.78, 5) is 4.07. The van der Waals surface area contributed by atoms with Crippen molar-refractivity contribution in [3.63, 3.8) is 0 Å². The summed E-state index contributed by atoms with van der Waals surface area (Å²) >= 11 is 6.28. The number of hydrogen-bond donors (Lipinski definition) is 1. The van der Waals surface area contributed by atoms with E-state index in [1.54, 1.807) is 19.3 Å². The van der Waals surface area contributed by atoms with Gasteiger partial charge in [0.05, 0.1) is 17.5 Å². The molecule has 6 nitrogen and oxygen atoms in total. The van der Waals surface area contributed by atoms with E-state index in [-0.39, 0.29) is 17.3 Å². The maximum absolute atomic E-state index is 13.7. The summed E-state index contributed by atoms with van der Waals surface area (Å²) in [6, 6.07) is 14.2. The predicted molar refractivity (Wildman–Crippen MR) is 130 cm³/mol. The minimum absolute atomic E-state index is 0. The van der Waals surface area contributed by atoms with Crippen LogP contribution in [0.25, 0.3) is 10.9 Å². The molecule has 4 aromatic rings. The first-order chi connectivity index (χ1) is 15.3. The van der Waals surface area contributed by atoms with Crippen LogP contribution in [0.3, 0.4) is 0 Å². The van der Waals surface area contributed by atoms with Crippen LogP contribution in [-0.2, 0) is 23.0 Å². The molecule has 2 heterocycles. The van der Waals surface area contributed by atoms with E-state index >= 15 is 0 Å². The van der Waals surface area contributed by atoms with Crippen molar-refractivity contribution in [1.82, 2.24) is 14.3 Å². The normalized spacial score (nSPS) is 11.4. The molecular weight excluding hydrogens is 488 g/mol. The van der Waals surface area contributed by atoms with Crippen molar-refractivity contribution in [2.24, 2.45) is 0 Å². The highest BCUT2D eigenvalue weighted by Gasteiger charge is 2.22. The molecule has 10 heteroatoms. The molecule has 0 aliphatic rings. The molecule has 0 radical (unpaired) electrons. The van der Waals surface area contributed by atoms with Gasteiger partial charge in [-0.05, 0) is 48.0 Å². The SMILES string of the molecule is CNCc1cn(S(=O)(=O)c2cccc(F)c2)c2cc(Cc3ccc(OC)nc3Cl)ccc12.Cl. The summed E-state index contributed by atoms with van der Waals surface area (Å²) in [5, 5.41) is 4.17. The molecule has 0 saturated heterocycles. The van der Waals surface area contributed by atoms with Crippen LogP contribution in [0.2, 0.25) is 5.15 Å². The van der Waals surface area contributed by atoms with Gasteiger partial charge in [0.1, 0.15) is 11.0 Å². The molecule has 0 unspecified atom stereocenters. The second-order valence-corrected chi connectivity index (χ2v) is 9.45. The Morgan fingerprint density at radius 3 is 2.58 bits per heavy atom. The van der Waals surface area contributed by atoms with Gasteiger partial charge >= 0.3 is 0 Å². The van der Waals surface area contributed by atoms with Gasteiger partial charge in [0, 0.05) is 30.6 Å². The molecule has 4 rings (SSSR count). The van der Waals surface area contributed by atoms with Crippen molar-refractivity contribution in [2.45, 2.75) is 17.9 Å². The highest BCUT2D eigenvalue weighted by molar-refractivity contribution is 7.90. The number of pyridine rings is 1. The molecule has 0 aliphatic heterocycles. The summed E-state index contributed by atoms with van der Waals surface area (Å²) in [6.45, 7) is 0.482. The van der Waals surface area contributed by atoms with E-state index in [4.69, 9.17) is 16.3 Å². The van der Waals surface area contributed by atoms with Crippen LogP contribution < -0.4 is 10.1 Å². The molecule has 2 aromatic heterocycles.